The number of hydrogen-bond donors (Lipinski definition) is 2. The summed E-state index contributed by atoms with van der Waals surface area (Å²) in [6.07, 6.45) is 9.05. The van der Waals surface area contributed by atoms with E-state index in [1.165, 1.54) is 44.0 Å². The van der Waals surface area contributed by atoms with Gasteiger partial charge >= 0.3 is 0 Å². The quantitative estimate of drug-likeness (QED) is 0.421. The number of phenolic OH excluding ortho intramolecular Hbond substituents is 1. The second-order valence-corrected chi connectivity index (χ2v) is 9.22. The van der Waals surface area contributed by atoms with Crippen molar-refractivity contribution in [3.63, 3.8) is 0 Å². The lowest BCUT2D eigenvalue weighted by Gasteiger charge is -2.46. The Morgan fingerprint density at radius 2 is 1.89 bits per heavy atom. The van der Waals surface area contributed by atoms with Crippen molar-refractivity contribution in [2.75, 3.05) is 0 Å². The third-order valence-electron chi connectivity index (χ3n) is 6.49. The third kappa shape index (κ3) is 3.47. The van der Waals surface area contributed by atoms with Crippen LogP contribution >= 0.6 is 15.9 Å². The Bertz CT molecular complexity index is 809. The van der Waals surface area contributed by atoms with Crippen LogP contribution in [0.4, 0.5) is 5.69 Å². The molecule has 4 aliphatic rings. The summed E-state index contributed by atoms with van der Waals surface area (Å²) in [5.41, 5.74) is 2.34. The molecule has 4 saturated carbocycles. The maximum Gasteiger partial charge on any atom is 0.271 e. The maximum atomic E-state index is 13.0. The van der Waals surface area contributed by atoms with Crippen LogP contribution in [0.3, 0.4) is 0 Å². The molecule has 4 bridgehead atoms. The predicted molar refractivity (Wildman–Crippen MR) is 103 cm³/mol. The molecule has 1 amide bonds. The van der Waals surface area contributed by atoms with E-state index < -0.39 is 4.92 Å². The molecule has 8 heteroatoms. The lowest BCUT2D eigenvalue weighted by Crippen LogP contribution is -2.47. The number of nitro groups is 1. The highest BCUT2D eigenvalue weighted by Gasteiger charge is 2.52. The van der Waals surface area contributed by atoms with Crippen molar-refractivity contribution in [2.45, 2.75) is 44.9 Å². The summed E-state index contributed by atoms with van der Waals surface area (Å²) in [4.78, 5) is 23.4. The first kappa shape index (κ1) is 18.4. The number of benzene rings is 1. The van der Waals surface area contributed by atoms with E-state index in [4.69, 9.17) is 0 Å². The highest BCUT2D eigenvalue weighted by Crippen LogP contribution is 2.57. The van der Waals surface area contributed by atoms with Gasteiger partial charge in [-0.2, -0.15) is 5.10 Å². The normalized spacial score (nSPS) is 31.8. The number of non-ortho nitro benzene ring substituents is 1. The SMILES string of the molecule is O=C(NN=Cc1cc([N+](=O)[O-])cc(Br)c1O)C12CC3CCC(CC(C3)C1)C2. The molecule has 0 aliphatic heterocycles. The molecular weight excluding hydrogens is 414 g/mol. The molecule has 2 unspecified atom stereocenters. The summed E-state index contributed by atoms with van der Waals surface area (Å²) >= 11 is 3.10. The van der Waals surface area contributed by atoms with Gasteiger partial charge in [-0.1, -0.05) is 12.8 Å². The van der Waals surface area contributed by atoms with Gasteiger partial charge in [-0.15, -0.1) is 0 Å². The van der Waals surface area contributed by atoms with Gasteiger partial charge in [0.1, 0.15) is 5.75 Å². The molecule has 7 nitrogen and oxygen atoms in total. The maximum absolute atomic E-state index is 13.0. The molecule has 0 aromatic heterocycles. The van der Waals surface area contributed by atoms with Crippen LogP contribution in [0.25, 0.3) is 0 Å². The van der Waals surface area contributed by atoms with Crippen LogP contribution in [0.15, 0.2) is 21.7 Å². The van der Waals surface area contributed by atoms with Gasteiger partial charge in [0.05, 0.1) is 21.0 Å². The molecule has 0 spiro atoms. The van der Waals surface area contributed by atoms with Crippen LogP contribution in [0.5, 0.6) is 5.75 Å². The van der Waals surface area contributed by atoms with E-state index in [9.17, 15) is 20.0 Å². The smallest absolute Gasteiger partial charge is 0.271 e. The molecular formula is C19H22BrN3O4. The Morgan fingerprint density at radius 3 is 2.52 bits per heavy atom. The molecule has 5 rings (SSSR count). The van der Waals surface area contributed by atoms with Gasteiger partial charge in [0.25, 0.3) is 5.69 Å². The minimum Gasteiger partial charge on any atom is -0.506 e. The van der Waals surface area contributed by atoms with E-state index in [0.29, 0.717) is 17.8 Å². The molecule has 2 atom stereocenters. The molecule has 0 radical (unpaired) electrons. The summed E-state index contributed by atoms with van der Waals surface area (Å²) in [6.45, 7) is 0. The number of halogens is 1. The molecule has 1 aromatic rings. The van der Waals surface area contributed by atoms with Crippen LogP contribution in [0, 0.1) is 33.3 Å². The number of hydrazone groups is 1. The van der Waals surface area contributed by atoms with E-state index in [0.717, 1.165) is 19.3 Å². The van der Waals surface area contributed by atoms with Gasteiger partial charge in [-0.05, 0) is 65.8 Å². The van der Waals surface area contributed by atoms with Gasteiger partial charge in [0, 0.05) is 17.7 Å². The number of fused-ring (bicyclic) bond motifs is 1. The van der Waals surface area contributed by atoms with Crippen molar-refractivity contribution in [2.24, 2.45) is 28.3 Å². The van der Waals surface area contributed by atoms with Crippen molar-refractivity contribution >= 4 is 33.7 Å². The first-order chi connectivity index (χ1) is 12.9. The van der Waals surface area contributed by atoms with Crippen LogP contribution in [-0.2, 0) is 4.79 Å². The molecule has 1 aromatic carbocycles. The van der Waals surface area contributed by atoms with Crippen molar-refractivity contribution in [3.8, 4) is 5.75 Å². The van der Waals surface area contributed by atoms with E-state index in [1.54, 1.807) is 0 Å². The van der Waals surface area contributed by atoms with E-state index >= 15 is 0 Å². The summed E-state index contributed by atoms with van der Waals surface area (Å²) in [5.74, 6) is 1.73. The first-order valence-electron chi connectivity index (χ1n) is 9.37. The molecule has 2 N–H and O–H groups in total. The van der Waals surface area contributed by atoms with Gasteiger partial charge < -0.3 is 5.11 Å². The number of nitrogens with zero attached hydrogens (tertiary/aromatic N) is 2. The largest absolute Gasteiger partial charge is 0.506 e. The fraction of sp³-hybridized carbons (Fsp3) is 0.579. The number of amides is 1. The molecule has 27 heavy (non-hydrogen) atoms. The Labute approximate surface area is 165 Å². The fourth-order valence-electron chi connectivity index (χ4n) is 5.56. The average molecular weight is 436 g/mol. The standard InChI is InChI=1S/C19H22BrN3O4/c20-16-6-15(23(26)27)5-14(17(16)24)10-21-22-18(25)19-7-11-1-2-12(8-19)4-13(3-11)9-19/h5-6,10-13,24H,1-4,7-9H2,(H,22,25). The lowest BCUT2D eigenvalue weighted by molar-refractivity contribution is -0.385. The molecule has 0 saturated heterocycles. The second-order valence-electron chi connectivity index (χ2n) is 8.36. The van der Waals surface area contributed by atoms with Crippen molar-refractivity contribution in [1.29, 1.82) is 0 Å². The third-order valence-corrected chi connectivity index (χ3v) is 7.10. The number of carbonyl (C=O) groups excluding carboxylic acids is 1. The van der Waals surface area contributed by atoms with E-state index in [-0.39, 0.29) is 32.8 Å². The number of rotatable bonds is 4. The zero-order chi connectivity index (χ0) is 19.2. The van der Waals surface area contributed by atoms with Crippen molar-refractivity contribution in [1.82, 2.24) is 5.43 Å². The molecule has 4 aliphatic carbocycles. The fourth-order valence-corrected chi connectivity index (χ4v) is 6.02. The summed E-state index contributed by atoms with van der Waals surface area (Å²) in [6, 6.07) is 2.45. The monoisotopic (exact) mass is 435 g/mol. The highest BCUT2D eigenvalue weighted by molar-refractivity contribution is 9.10. The van der Waals surface area contributed by atoms with Gasteiger partial charge in [-0.3, -0.25) is 14.9 Å². The van der Waals surface area contributed by atoms with Crippen molar-refractivity contribution < 1.29 is 14.8 Å². The van der Waals surface area contributed by atoms with Crippen LogP contribution in [0.1, 0.15) is 50.5 Å². The minimum atomic E-state index is -0.543. The van der Waals surface area contributed by atoms with E-state index in [1.807, 2.05) is 0 Å². The average Bonchev–Trinajstić information content (AvgIpc) is 2.83. The second kappa shape index (κ2) is 6.89. The summed E-state index contributed by atoms with van der Waals surface area (Å²) in [5, 5.41) is 25.0. The number of nitrogens with one attached hydrogen (secondary N) is 1. The number of nitro benzene ring substituents is 1. The number of phenols is 1. The zero-order valence-electron chi connectivity index (χ0n) is 14.9. The Balaban J connectivity index is 1.51. The minimum absolute atomic E-state index is 0.0518. The number of hydrogen-bond acceptors (Lipinski definition) is 5. The Morgan fingerprint density at radius 1 is 1.26 bits per heavy atom. The summed E-state index contributed by atoms with van der Waals surface area (Å²) < 4.78 is 0.210. The van der Waals surface area contributed by atoms with Crippen LogP contribution < -0.4 is 5.43 Å². The van der Waals surface area contributed by atoms with Gasteiger partial charge in [-0.25, -0.2) is 5.43 Å². The number of aromatic hydroxyl groups is 1. The molecule has 144 valence electrons. The Hall–Kier alpha value is -1.96. The highest BCUT2D eigenvalue weighted by atomic mass is 79.9. The molecule has 0 heterocycles. The molecule has 4 fully saturated rings. The van der Waals surface area contributed by atoms with Gasteiger partial charge in [0.15, 0.2) is 0 Å². The predicted octanol–water partition coefficient (Wildman–Crippen LogP) is 4.12. The topological polar surface area (TPSA) is 105 Å². The van der Waals surface area contributed by atoms with E-state index in [2.05, 4.69) is 26.5 Å². The Kier molecular flexibility index (Phi) is 4.70. The van der Waals surface area contributed by atoms with Crippen molar-refractivity contribution in [3.05, 3.63) is 32.3 Å². The zero-order valence-corrected chi connectivity index (χ0v) is 16.4. The summed E-state index contributed by atoms with van der Waals surface area (Å²) in [7, 11) is 0. The van der Waals surface area contributed by atoms with Gasteiger partial charge in [0.2, 0.25) is 5.91 Å². The first-order valence-corrected chi connectivity index (χ1v) is 10.2. The number of carbonyl (C=O) groups is 1. The lowest BCUT2D eigenvalue weighted by atomic mass is 9.58. The van der Waals surface area contributed by atoms with Crippen LogP contribution in [-0.4, -0.2) is 22.2 Å². The van der Waals surface area contributed by atoms with Crippen LogP contribution in [0.2, 0.25) is 0 Å².